The Kier molecular flexibility index (Phi) is 4.40. The summed E-state index contributed by atoms with van der Waals surface area (Å²) in [5, 5.41) is 11.0. The minimum Gasteiger partial charge on any atom is -0.453 e. The fraction of sp³-hybridized carbons (Fsp3) is 0.143. The van der Waals surface area contributed by atoms with Gasteiger partial charge in [0, 0.05) is 12.1 Å². The van der Waals surface area contributed by atoms with Crippen LogP contribution in [0.3, 0.4) is 0 Å². The van der Waals surface area contributed by atoms with Gasteiger partial charge in [-0.2, -0.15) is 0 Å². The molecule has 0 fully saturated rings. The first kappa shape index (κ1) is 15.2. The summed E-state index contributed by atoms with van der Waals surface area (Å²) in [4.78, 5) is 10.1. The molecular formula is C14H12ClFN2O3. The van der Waals surface area contributed by atoms with Crippen molar-refractivity contribution in [2.24, 2.45) is 5.73 Å². The molecule has 0 atom stereocenters. The number of benzene rings is 2. The summed E-state index contributed by atoms with van der Waals surface area (Å²) in [6.07, 6.45) is 0. The molecule has 0 amide bonds. The second kappa shape index (κ2) is 6.07. The number of hydrogen-bond donors (Lipinski definition) is 1. The van der Waals surface area contributed by atoms with Crippen molar-refractivity contribution in [2.45, 2.75) is 13.5 Å². The molecule has 0 spiro atoms. The standard InChI is InChI=1S/C14H12ClFN2O3/c1-8-4-14(11(16)6-12(8)18(19)20)21-13-3-2-9(7-17)5-10(13)15/h2-6H,7,17H2,1H3. The van der Waals surface area contributed by atoms with Gasteiger partial charge in [-0.3, -0.25) is 10.1 Å². The molecule has 21 heavy (non-hydrogen) atoms. The number of nitrogens with two attached hydrogens (primary N) is 1. The molecule has 2 N–H and O–H groups in total. The fourth-order valence-electron chi connectivity index (χ4n) is 1.79. The van der Waals surface area contributed by atoms with Crippen LogP contribution in [0.1, 0.15) is 11.1 Å². The quantitative estimate of drug-likeness (QED) is 0.685. The van der Waals surface area contributed by atoms with Crippen molar-refractivity contribution < 1.29 is 14.1 Å². The van der Waals surface area contributed by atoms with E-state index in [9.17, 15) is 14.5 Å². The van der Waals surface area contributed by atoms with Crippen molar-refractivity contribution in [1.29, 1.82) is 0 Å². The van der Waals surface area contributed by atoms with E-state index in [0.717, 1.165) is 11.6 Å². The Morgan fingerprint density at radius 1 is 1.33 bits per heavy atom. The van der Waals surface area contributed by atoms with Gasteiger partial charge in [-0.15, -0.1) is 0 Å². The fourth-order valence-corrected chi connectivity index (χ4v) is 2.03. The number of ether oxygens (including phenoxy) is 1. The topological polar surface area (TPSA) is 78.4 Å². The molecule has 0 saturated heterocycles. The van der Waals surface area contributed by atoms with Crippen LogP contribution in [0, 0.1) is 22.9 Å². The second-order valence-corrected chi connectivity index (χ2v) is 4.80. The third kappa shape index (κ3) is 3.29. The van der Waals surface area contributed by atoms with Crippen LogP contribution in [0.4, 0.5) is 10.1 Å². The van der Waals surface area contributed by atoms with E-state index >= 15 is 0 Å². The Bertz CT molecular complexity index is 707. The minimum absolute atomic E-state index is 0.125. The molecule has 0 radical (unpaired) electrons. The Labute approximate surface area is 125 Å². The Balaban J connectivity index is 2.36. The number of hydrogen-bond acceptors (Lipinski definition) is 4. The lowest BCUT2D eigenvalue weighted by molar-refractivity contribution is -0.385. The molecule has 0 unspecified atom stereocenters. The van der Waals surface area contributed by atoms with Gasteiger partial charge in [-0.05, 0) is 30.7 Å². The number of halogens is 2. The lowest BCUT2D eigenvalue weighted by atomic mass is 10.2. The molecule has 0 aliphatic rings. The third-order valence-corrected chi connectivity index (χ3v) is 3.19. The van der Waals surface area contributed by atoms with Crippen LogP contribution in [0.25, 0.3) is 0 Å². The van der Waals surface area contributed by atoms with Crippen LogP contribution in [0.15, 0.2) is 30.3 Å². The number of nitrogens with zero attached hydrogens (tertiary/aromatic N) is 1. The second-order valence-electron chi connectivity index (χ2n) is 4.40. The van der Waals surface area contributed by atoms with Crippen molar-refractivity contribution in [3.63, 3.8) is 0 Å². The SMILES string of the molecule is Cc1cc(Oc2ccc(CN)cc2Cl)c(F)cc1[N+](=O)[O-]. The summed E-state index contributed by atoms with van der Waals surface area (Å²) in [6, 6.07) is 6.98. The molecule has 7 heteroatoms. The van der Waals surface area contributed by atoms with Gasteiger partial charge >= 0.3 is 0 Å². The molecule has 110 valence electrons. The first-order chi connectivity index (χ1) is 9.92. The van der Waals surface area contributed by atoms with Gasteiger partial charge < -0.3 is 10.5 Å². The monoisotopic (exact) mass is 310 g/mol. The van der Waals surface area contributed by atoms with E-state index in [1.54, 1.807) is 18.2 Å². The van der Waals surface area contributed by atoms with Crippen molar-refractivity contribution in [3.8, 4) is 11.5 Å². The van der Waals surface area contributed by atoms with Gasteiger partial charge in [-0.25, -0.2) is 4.39 Å². The van der Waals surface area contributed by atoms with E-state index in [1.807, 2.05) is 0 Å². The molecule has 0 aromatic heterocycles. The van der Waals surface area contributed by atoms with Gasteiger partial charge in [-0.1, -0.05) is 17.7 Å². The van der Waals surface area contributed by atoms with E-state index in [4.69, 9.17) is 22.1 Å². The molecule has 2 aromatic rings. The molecule has 5 nitrogen and oxygen atoms in total. The Morgan fingerprint density at radius 2 is 2.05 bits per heavy atom. The Hall–Kier alpha value is -2.18. The lowest BCUT2D eigenvalue weighted by Crippen LogP contribution is -1.98. The minimum atomic E-state index is -0.828. The lowest BCUT2D eigenvalue weighted by Gasteiger charge is -2.10. The highest BCUT2D eigenvalue weighted by Crippen LogP contribution is 2.34. The predicted octanol–water partition coefficient (Wildman–Crippen LogP) is 3.95. The zero-order chi connectivity index (χ0) is 15.6. The number of aryl methyl sites for hydroxylation is 1. The molecule has 2 aromatic carbocycles. The van der Waals surface area contributed by atoms with Gasteiger partial charge in [0.25, 0.3) is 5.69 Å². The highest BCUT2D eigenvalue weighted by molar-refractivity contribution is 6.32. The van der Waals surface area contributed by atoms with Crippen LogP contribution < -0.4 is 10.5 Å². The zero-order valence-electron chi connectivity index (χ0n) is 11.1. The van der Waals surface area contributed by atoms with Crippen molar-refractivity contribution >= 4 is 17.3 Å². The molecular weight excluding hydrogens is 299 g/mol. The summed E-state index contributed by atoms with van der Waals surface area (Å²) in [6.45, 7) is 1.83. The maximum atomic E-state index is 13.9. The predicted molar refractivity (Wildman–Crippen MR) is 77.2 cm³/mol. The highest BCUT2D eigenvalue weighted by Gasteiger charge is 2.17. The molecule has 0 aliphatic carbocycles. The molecule has 0 saturated carbocycles. The van der Waals surface area contributed by atoms with E-state index < -0.39 is 10.7 Å². The largest absolute Gasteiger partial charge is 0.453 e. The average molecular weight is 311 g/mol. The number of nitro groups is 1. The van der Waals surface area contributed by atoms with Crippen LogP contribution in [-0.4, -0.2) is 4.92 Å². The molecule has 0 bridgehead atoms. The highest BCUT2D eigenvalue weighted by atomic mass is 35.5. The maximum absolute atomic E-state index is 13.9. The van der Waals surface area contributed by atoms with Crippen molar-refractivity contribution in [2.75, 3.05) is 0 Å². The first-order valence-corrected chi connectivity index (χ1v) is 6.41. The number of rotatable bonds is 4. The van der Waals surface area contributed by atoms with E-state index in [2.05, 4.69) is 0 Å². The van der Waals surface area contributed by atoms with Crippen LogP contribution >= 0.6 is 11.6 Å². The van der Waals surface area contributed by atoms with E-state index in [0.29, 0.717) is 12.1 Å². The maximum Gasteiger partial charge on any atom is 0.275 e. The average Bonchev–Trinajstić information content (AvgIpc) is 2.44. The van der Waals surface area contributed by atoms with Gasteiger partial charge in [0.05, 0.1) is 16.0 Å². The van der Waals surface area contributed by atoms with Crippen LogP contribution in [0.5, 0.6) is 11.5 Å². The summed E-state index contributed by atoms with van der Waals surface area (Å²) in [5.74, 6) is -0.701. The van der Waals surface area contributed by atoms with E-state index in [1.165, 1.54) is 13.0 Å². The van der Waals surface area contributed by atoms with Crippen LogP contribution in [-0.2, 0) is 6.54 Å². The molecule has 2 rings (SSSR count). The summed E-state index contributed by atoms with van der Waals surface area (Å²) in [7, 11) is 0. The normalized spacial score (nSPS) is 10.5. The van der Waals surface area contributed by atoms with Gasteiger partial charge in [0.1, 0.15) is 5.75 Å². The van der Waals surface area contributed by atoms with E-state index in [-0.39, 0.29) is 22.2 Å². The molecule has 0 aliphatic heterocycles. The Morgan fingerprint density at radius 3 is 2.62 bits per heavy atom. The molecule has 0 heterocycles. The summed E-state index contributed by atoms with van der Waals surface area (Å²) >= 11 is 6.02. The first-order valence-electron chi connectivity index (χ1n) is 6.03. The van der Waals surface area contributed by atoms with Crippen molar-refractivity contribution in [1.82, 2.24) is 0 Å². The zero-order valence-corrected chi connectivity index (χ0v) is 11.9. The van der Waals surface area contributed by atoms with Crippen LogP contribution in [0.2, 0.25) is 5.02 Å². The summed E-state index contributed by atoms with van der Waals surface area (Å²) < 4.78 is 19.2. The smallest absolute Gasteiger partial charge is 0.275 e. The number of nitro benzene ring substituents is 1. The van der Waals surface area contributed by atoms with Gasteiger partial charge in [0.15, 0.2) is 11.6 Å². The summed E-state index contributed by atoms with van der Waals surface area (Å²) in [5.41, 5.74) is 6.30. The third-order valence-electron chi connectivity index (χ3n) is 2.90. The van der Waals surface area contributed by atoms with Crippen molar-refractivity contribution in [3.05, 3.63) is 62.4 Å². The van der Waals surface area contributed by atoms with Gasteiger partial charge in [0.2, 0.25) is 0 Å².